The van der Waals surface area contributed by atoms with Gasteiger partial charge in [0.2, 0.25) is 0 Å². The normalized spacial score (nSPS) is 11.2. The molecule has 0 atom stereocenters. The molecule has 0 bridgehead atoms. The maximum Gasteiger partial charge on any atom is 0.339 e. The number of hydrogen-bond acceptors (Lipinski definition) is 9. The van der Waals surface area contributed by atoms with Gasteiger partial charge in [-0.2, -0.15) is 13.7 Å². The molecule has 36 heavy (non-hydrogen) atoms. The highest BCUT2D eigenvalue weighted by Crippen LogP contribution is 2.32. The predicted octanol–water partition coefficient (Wildman–Crippen LogP) is 3.93. The number of rotatable bonds is 9. The molecule has 184 valence electrons. The van der Waals surface area contributed by atoms with Gasteiger partial charge in [-0.15, -0.1) is 0 Å². The van der Waals surface area contributed by atoms with Crippen LogP contribution in [0.5, 0.6) is 17.2 Å². The smallest absolute Gasteiger partial charge is 0.339 e. The number of ether oxygens (including phenoxy) is 2. The van der Waals surface area contributed by atoms with Crippen LogP contribution >= 0.6 is 0 Å². The summed E-state index contributed by atoms with van der Waals surface area (Å²) < 4.78 is 40.8. The van der Waals surface area contributed by atoms with E-state index in [4.69, 9.17) is 13.7 Å². The fourth-order valence-corrected chi connectivity index (χ4v) is 3.97. The lowest BCUT2D eigenvalue weighted by Crippen LogP contribution is -2.14. The van der Waals surface area contributed by atoms with Crippen LogP contribution < -0.4 is 19.0 Å². The molecule has 0 fully saturated rings. The van der Waals surface area contributed by atoms with E-state index in [0.29, 0.717) is 0 Å². The fourth-order valence-electron chi connectivity index (χ4n) is 3.01. The molecule has 0 radical (unpaired) electrons. The molecule has 0 aliphatic heterocycles. The van der Waals surface area contributed by atoms with Gasteiger partial charge in [0.25, 0.3) is 11.6 Å². The molecule has 3 aromatic carbocycles. The van der Waals surface area contributed by atoms with E-state index in [-0.39, 0.29) is 44.7 Å². The maximum atomic E-state index is 12.7. The average Bonchev–Trinajstić information content (AvgIpc) is 2.87. The van der Waals surface area contributed by atoms with Gasteiger partial charge >= 0.3 is 10.1 Å². The van der Waals surface area contributed by atoms with E-state index < -0.39 is 20.9 Å². The van der Waals surface area contributed by atoms with Gasteiger partial charge in [-0.25, -0.2) is 0 Å². The van der Waals surface area contributed by atoms with E-state index in [1.165, 1.54) is 62.8 Å². The zero-order valence-electron chi connectivity index (χ0n) is 19.0. The van der Waals surface area contributed by atoms with Gasteiger partial charge in [-0.1, -0.05) is 24.3 Å². The Hall–Kier alpha value is -4.89. The number of carbonyl (C=O) groups is 1. The Morgan fingerprint density at radius 1 is 1.00 bits per heavy atom. The second kappa shape index (κ2) is 11.0. The zero-order valence-corrected chi connectivity index (χ0v) is 19.8. The third-order valence-corrected chi connectivity index (χ3v) is 5.99. The minimum absolute atomic E-state index is 0.00874. The molecule has 0 unspecified atom stereocenters. The third kappa shape index (κ3) is 5.96. The fraction of sp³-hybridized carbons (Fsp3) is 0.0833. The number of nitrogens with zero attached hydrogens (tertiary/aromatic N) is 2. The maximum absolute atomic E-state index is 12.7. The van der Waals surface area contributed by atoms with Crippen molar-refractivity contribution in [2.75, 3.05) is 19.5 Å². The Bertz CT molecular complexity index is 1480. The SMILES string of the molecule is COc1ccc([N+](=O)[O-])cc1NC(=O)/C(C#N)=C/c1ccc(OC)c(OS(=O)(=O)c2ccccc2)c1. The van der Waals surface area contributed by atoms with Crippen LogP contribution in [0.3, 0.4) is 0 Å². The standard InChI is InChI=1S/C24H19N3O8S/c1-33-21-11-9-18(27(29)30)14-20(21)26-24(28)17(15-25)12-16-8-10-22(34-2)23(13-16)35-36(31,32)19-6-4-3-5-7-19/h3-14H,1-2H3,(H,26,28)/b17-12+. The molecule has 0 aliphatic carbocycles. The van der Waals surface area contributed by atoms with E-state index in [1.54, 1.807) is 24.3 Å². The van der Waals surface area contributed by atoms with Gasteiger partial charge in [-0.3, -0.25) is 14.9 Å². The van der Waals surface area contributed by atoms with Crippen molar-refractivity contribution in [3.63, 3.8) is 0 Å². The summed E-state index contributed by atoms with van der Waals surface area (Å²) in [5.74, 6) is -0.770. The molecule has 11 nitrogen and oxygen atoms in total. The summed E-state index contributed by atoms with van der Waals surface area (Å²) in [5.41, 5.74) is -0.409. The average molecular weight is 509 g/mol. The topological polar surface area (TPSA) is 158 Å². The molecule has 0 saturated carbocycles. The van der Waals surface area contributed by atoms with Crippen LogP contribution in [0.4, 0.5) is 11.4 Å². The monoisotopic (exact) mass is 509 g/mol. The van der Waals surface area contributed by atoms with Crippen LogP contribution in [0.25, 0.3) is 6.08 Å². The van der Waals surface area contributed by atoms with Crippen molar-refractivity contribution in [3.05, 3.63) is 88.0 Å². The molecule has 3 rings (SSSR count). The summed E-state index contributed by atoms with van der Waals surface area (Å²) in [5, 5.41) is 23.0. The Labute approximate surface area is 206 Å². The van der Waals surface area contributed by atoms with Crippen molar-refractivity contribution in [1.82, 2.24) is 0 Å². The molecule has 1 N–H and O–H groups in total. The number of nitrogens with one attached hydrogen (secondary N) is 1. The summed E-state index contributed by atoms with van der Waals surface area (Å²) in [6, 6.07) is 17.0. The minimum atomic E-state index is -4.19. The van der Waals surface area contributed by atoms with Crippen molar-refractivity contribution in [2.45, 2.75) is 4.90 Å². The summed E-state index contributed by atoms with van der Waals surface area (Å²) in [7, 11) is -1.54. The van der Waals surface area contributed by atoms with Crippen molar-refractivity contribution < 1.29 is 31.8 Å². The van der Waals surface area contributed by atoms with Crippen LogP contribution in [-0.4, -0.2) is 33.5 Å². The van der Waals surface area contributed by atoms with E-state index >= 15 is 0 Å². The number of nitro groups is 1. The molecule has 0 spiro atoms. The number of hydrogen-bond donors (Lipinski definition) is 1. The number of anilines is 1. The molecule has 0 saturated heterocycles. The van der Waals surface area contributed by atoms with Crippen molar-refractivity contribution >= 4 is 33.5 Å². The third-order valence-electron chi connectivity index (χ3n) is 4.74. The summed E-state index contributed by atoms with van der Waals surface area (Å²) >= 11 is 0. The summed E-state index contributed by atoms with van der Waals surface area (Å²) in [6.07, 6.45) is 1.20. The molecule has 12 heteroatoms. The van der Waals surface area contributed by atoms with E-state index in [9.17, 15) is 28.6 Å². The quantitative estimate of drug-likeness (QED) is 0.148. The number of non-ortho nitro benzene ring substituents is 1. The van der Waals surface area contributed by atoms with Gasteiger partial charge in [0.05, 0.1) is 24.8 Å². The number of benzene rings is 3. The van der Waals surface area contributed by atoms with Crippen LogP contribution in [0, 0.1) is 21.4 Å². The van der Waals surface area contributed by atoms with Crippen molar-refractivity contribution in [3.8, 4) is 23.3 Å². The van der Waals surface area contributed by atoms with Crippen molar-refractivity contribution in [1.29, 1.82) is 5.26 Å². The Kier molecular flexibility index (Phi) is 7.88. The second-order valence-electron chi connectivity index (χ2n) is 7.03. The van der Waals surface area contributed by atoms with E-state index in [2.05, 4.69) is 5.32 Å². The lowest BCUT2D eigenvalue weighted by molar-refractivity contribution is -0.384. The molecule has 0 heterocycles. The predicted molar refractivity (Wildman–Crippen MR) is 129 cm³/mol. The Morgan fingerprint density at radius 3 is 2.28 bits per heavy atom. The van der Waals surface area contributed by atoms with Gasteiger partial charge < -0.3 is 19.0 Å². The van der Waals surface area contributed by atoms with Crippen molar-refractivity contribution in [2.24, 2.45) is 0 Å². The highest BCUT2D eigenvalue weighted by molar-refractivity contribution is 7.87. The Morgan fingerprint density at radius 2 is 1.67 bits per heavy atom. The largest absolute Gasteiger partial charge is 0.495 e. The molecule has 3 aromatic rings. The van der Waals surface area contributed by atoms with Gasteiger partial charge in [0, 0.05) is 12.1 Å². The summed E-state index contributed by atoms with van der Waals surface area (Å²) in [6.45, 7) is 0. The number of nitriles is 1. The molecular formula is C24H19N3O8S. The highest BCUT2D eigenvalue weighted by Gasteiger charge is 2.20. The highest BCUT2D eigenvalue weighted by atomic mass is 32.2. The number of nitro benzene ring substituents is 1. The van der Waals surface area contributed by atoms with Crippen LogP contribution in [0.15, 0.2) is 77.2 Å². The summed E-state index contributed by atoms with van der Waals surface area (Å²) in [4.78, 5) is 23.1. The van der Waals surface area contributed by atoms with E-state index in [1.807, 2.05) is 0 Å². The van der Waals surface area contributed by atoms with Gasteiger partial charge in [0.1, 0.15) is 22.3 Å². The molecule has 1 amide bonds. The lowest BCUT2D eigenvalue weighted by atomic mass is 10.1. The van der Waals surface area contributed by atoms with Crippen LogP contribution in [0.1, 0.15) is 5.56 Å². The number of methoxy groups -OCH3 is 2. The van der Waals surface area contributed by atoms with Gasteiger partial charge in [0.15, 0.2) is 11.5 Å². The first kappa shape index (κ1) is 25.7. The number of amides is 1. The van der Waals surface area contributed by atoms with E-state index in [0.717, 1.165) is 6.07 Å². The molecular weight excluding hydrogens is 490 g/mol. The van der Waals surface area contributed by atoms with Crippen LogP contribution in [-0.2, 0) is 14.9 Å². The Balaban J connectivity index is 1.93. The first-order valence-corrected chi connectivity index (χ1v) is 11.5. The first-order chi connectivity index (χ1) is 17.2. The molecule has 0 aliphatic rings. The first-order valence-electron chi connectivity index (χ1n) is 10.1. The zero-order chi connectivity index (χ0) is 26.3. The lowest BCUT2D eigenvalue weighted by Gasteiger charge is -2.12. The van der Waals surface area contributed by atoms with Gasteiger partial charge in [-0.05, 0) is 42.0 Å². The van der Waals surface area contributed by atoms with Crippen LogP contribution in [0.2, 0.25) is 0 Å². The minimum Gasteiger partial charge on any atom is -0.495 e. The molecule has 0 aromatic heterocycles. The second-order valence-corrected chi connectivity index (χ2v) is 8.57. The number of carbonyl (C=O) groups excluding carboxylic acids is 1.